The number of esters is 1. The third kappa shape index (κ3) is 8.84. The maximum Gasteiger partial charge on any atom is 0.343 e. The summed E-state index contributed by atoms with van der Waals surface area (Å²) in [5.74, 6) is -0.584. The van der Waals surface area contributed by atoms with E-state index in [0.29, 0.717) is 22.8 Å². The van der Waals surface area contributed by atoms with Gasteiger partial charge in [0.15, 0.2) is 0 Å². The number of carbonyl (C=O) groups is 2. The third-order valence-electron chi connectivity index (χ3n) is 3.77. The molecule has 4 nitrogen and oxygen atoms in total. The van der Waals surface area contributed by atoms with Gasteiger partial charge in [-0.3, -0.25) is 4.79 Å². The maximum absolute atomic E-state index is 12.2. The molecule has 0 unspecified atom stereocenters. The Hall–Kier alpha value is -2.11. The van der Waals surface area contributed by atoms with Crippen molar-refractivity contribution < 1.29 is 19.4 Å². The van der Waals surface area contributed by atoms with Crippen molar-refractivity contribution in [3.8, 4) is 5.75 Å². The first-order valence-electron chi connectivity index (χ1n) is 8.81. The van der Waals surface area contributed by atoms with Gasteiger partial charge in [0.05, 0.1) is 5.56 Å². The van der Waals surface area contributed by atoms with E-state index >= 15 is 0 Å². The molecule has 0 saturated carbocycles. The standard InChI is InChI=1S/C20H15ClO2.C3H6O2.Na/c21-18-11-12-19(23-20(22)16-9-5-2-6-10-16)17(14-18)13-15-7-3-1-4-8-15;1-2-3(4)5;/h1-12,14H,13H2;2H2,1H3,(H,4,5);. The van der Waals surface area contributed by atoms with E-state index in [1.165, 1.54) is 0 Å². The van der Waals surface area contributed by atoms with Gasteiger partial charge < -0.3 is 9.84 Å². The van der Waals surface area contributed by atoms with Crippen molar-refractivity contribution >= 4 is 53.1 Å². The molecule has 0 aliphatic carbocycles. The summed E-state index contributed by atoms with van der Waals surface area (Å²) in [7, 11) is 0. The first kappa shape index (κ1) is 24.9. The Morgan fingerprint density at radius 1 is 0.931 bits per heavy atom. The van der Waals surface area contributed by atoms with Crippen LogP contribution in [0.1, 0.15) is 34.8 Å². The molecule has 0 amide bonds. The van der Waals surface area contributed by atoms with Gasteiger partial charge in [-0.15, -0.1) is 0 Å². The number of aliphatic carboxylic acids is 1. The number of ether oxygens (including phenoxy) is 1. The zero-order valence-corrected chi connectivity index (χ0v) is 19.2. The molecule has 0 aromatic heterocycles. The van der Waals surface area contributed by atoms with Gasteiger partial charge in [0.2, 0.25) is 0 Å². The summed E-state index contributed by atoms with van der Waals surface area (Å²) in [6.45, 7) is 1.60. The Bertz CT molecular complexity index is 915. The molecule has 0 spiro atoms. The number of carbonyl (C=O) groups excluding carboxylic acids is 1. The average Bonchev–Trinajstić information content (AvgIpc) is 2.72. The van der Waals surface area contributed by atoms with Crippen LogP contribution in [0.2, 0.25) is 5.02 Å². The molecular formula is C23H21ClNaO4. The van der Waals surface area contributed by atoms with Crippen molar-refractivity contribution in [3.63, 3.8) is 0 Å². The number of hydrogen-bond acceptors (Lipinski definition) is 3. The van der Waals surface area contributed by atoms with E-state index in [4.69, 9.17) is 21.4 Å². The zero-order chi connectivity index (χ0) is 20.4. The van der Waals surface area contributed by atoms with Crippen LogP contribution in [0.5, 0.6) is 5.75 Å². The number of carboxylic acid groups (broad SMARTS) is 1. The number of benzene rings is 3. The molecule has 0 heterocycles. The Morgan fingerprint density at radius 3 is 2.03 bits per heavy atom. The van der Waals surface area contributed by atoms with Crippen LogP contribution in [0, 0.1) is 0 Å². The molecule has 0 fully saturated rings. The minimum absolute atomic E-state index is 0. The Labute approximate surface area is 197 Å². The summed E-state index contributed by atoms with van der Waals surface area (Å²) in [6, 6.07) is 24.2. The topological polar surface area (TPSA) is 63.6 Å². The SMILES string of the molecule is CCC(=O)O.O=C(Oc1ccc(Cl)cc1Cc1ccccc1)c1ccccc1.[Na]. The van der Waals surface area contributed by atoms with Crippen LogP contribution in [0.3, 0.4) is 0 Å². The Balaban J connectivity index is 0.000000628. The monoisotopic (exact) mass is 419 g/mol. The van der Waals surface area contributed by atoms with Crippen molar-refractivity contribution in [3.05, 3.63) is 101 Å². The molecule has 0 saturated heterocycles. The second-order valence-corrected chi connectivity index (χ2v) is 6.35. The third-order valence-corrected chi connectivity index (χ3v) is 4.01. The molecule has 3 aromatic rings. The van der Waals surface area contributed by atoms with Crippen molar-refractivity contribution in [2.24, 2.45) is 0 Å². The maximum atomic E-state index is 12.2. The molecular weight excluding hydrogens is 399 g/mol. The molecule has 0 atom stereocenters. The van der Waals surface area contributed by atoms with E-state index in [1.807, 2.05) is 54.6 Å². The molecule has 3 aromatic carbocycles. The number of rotatable bonds is 5. The van der Waals surface area contributed by atoms with E-state index in [0.717, 1.165) is 11.1 Å². The molecule has 0 aliphatic heterocycles. The van der Waals surface area contributed by atoms with Crippen LogP contribution < -0.4 is 4.74 Å². The van der Waals surface area contributed by atoms with E-state index in [1.54, 1.807) is 31.2 Å². The summed E-state index contributed by atoms with van der Waals surface area (Å²) in [4.78, 5) is 21.6. The van der Waals surface area contributed by atoms with Crippen LogP contribution in [0.25, 0.3) is 0 Å². The zero-order valence-electron chi connectivity index (χ0n) is 16.5. The molecule has 145 valence electrons. The van der Waals surface area contributed by atoms with E-state index < -0.39 is 5.97 Å². The minimum atomic E-state index is -0.745. The van der Waals surface area contributed by atoms with Crippen LogP contribution in [-0.2, 0) is 11.2 Å². The van der Waals surface area contributed by atoms with Gasteiger partial charge >= 0.3 is 11.9 Å². The Morgan fingerprint density at radius 2 is 1.48 bits per heavy atom. The van der Waals surface area contributed by atoms with Crippen molar-refractivity contribution in [2.45, 2.75) is 19.8 Å². The predicted octanol–water partition coefficient (Wildman–Crippen LogP) is 5.25. The molecule has 0 aliphatic rings. The molecule has 1 N–H and O–H groups in total. The van der Waals surface area contributed by atoms with Crippen LogP contribution in [0.15, 0.2) is 78.9 Å². The second kappa shape index (κ2) is 13.2. The van der Waals surface area contributed by atoms with Crippen molar-refractivity contribution in [1.29, 1.82) is 0 Å². The molecule has 6 heteroatoms. The fourth-order valence-corrected chi connectivity index (χ4v) is 2.53. The van der Waals surface area contributed by atoms with E-state index in [9.17, 15) is 9.59 Å². The summed E-state index contributed by atoms with van der Waals surface area (Å²) < 4.78 is 5.56. The molecule has 29 heavy (non-hydrogen) atoms. The number of carboxylic acids is 1. The average molecular weight is 420 g/mol. The first-order valence-corrected chi connectivity index (χ1v) is 9.18. The fourth-order valence-electron chi connectivity index (χ4n) is 2.33. The van der Waals surface area contributed by atoms with E-state index in [-0.39, 0.29) is 41.9 Å². The molecule has 3 rings (SSSR count). The minimum Gasteiger partial charge on any atom is -0.481 e. The number of hydrogen-bond donors (Lipinski definition) is 1. The summed E-state index contributed by atoms with van der Waals surface area (Å²) in [5, 5.41) is 8.34. The summed E-state index contributed by atoms with van der Waals surface area (Å²) in [6.07, 6.45) is 0.874. The van der Waals surface area contributed by atoms with Crippen LogP contribution in [0.4, 0.5) is 0 Å². The number of halogens is 1. The quantitative estimate of drug-likeness (QED) is 0.348. The van der Waals surface area contributed by atoms with Gasteiger partial charge in [0.1, 0.15) is 5.75 Å². The first-order chi connectivity index (χ1) is 13.5. The summed E-state index contributed by atoms with van der Waals surface area (Å²) >= 11 is 6.10. The smallest absolute Gasteiger partial charge is 0.343 e. The Kier molecular flexibility index (Phi) is 11.3. The molecule has 0 bridgehead atoms. The molecule has 1 radical (unpaired) electrons. The van der Waals surface area contributed by atoms with Crippen molar-refractivity contribution in [2.75, 3.05) is 0 Å². The normalized spacial score (nSPS) is 9.45. The van der Waals surface area contributed by atoms with Gasteiger partial charge in [0.25, 0.3) is 0 Å². The van der Waals surface area contributed by atoms with Crippen LogP contribution >= 0.6 is 11.6 Å². The largest absolute Gasteiger partial charge is 0.481 e. The predicted molar refractivity (Wildman–Crippen MR) is 116 cm³/mol. The van der Waals surface area contributed by atoms with Gasteiger partial charge in [-0.2, -0.15) is 0 Å². The van der Waals surface area contributed by atoms with Gasteiger partial charge in [-0.25, -0.2) is 4.79 Å². The van der Waals surface area contributed by atoms with E-state index in [2.05, 4.69) is 0 Å². The summed E-state index contributed by atoms with van der Waals surface area (Å²) in [5.41, 5.74) is 2.54. The van der Waals surface area contributed by atoms with Crippen molar-refractivity contribution in [1.82, 2.24) is 0 Å². The van der Waals surface area contributed by atoms with Gasteiger partial charge in [-0.1, -0.05) is 67.1 Å². The van der Waals surface area contributed by atoms with Crippen LogP contribution in [-0.4, -0.2) is 46.6 Å². The second-order valence-electron chi connectivity index (χ2n) is 5.92. The van der Waals surface area contributed by atoms with Gasteiger partial charge in [-0.05, 0) is 35.9 Å². The fraction of sp³-hybridized carbons (Fsp3) is 0.130. The van der Waals surface area contributed by atoms with Gasteiger partial charge in [0, 0.05) is 53.0 Å².